The number of nitrogens with two attached hydrogens (primary N) is 1. The fraction of sp³-hybridized carbons (Fsp3) is 0.182. The number of rotatable bonds is 3. The highest BCUT2D eigenvalue weighted by molar-refractivity contribution is 5.78. The van der Waals surface area contributed by atoms with Crippen LogP contribution in [0.1, 0.15) is 5.82 Å². The van der Waals surface area contributed by atoms with Gasteiger partial charge in [-0.3, -0.25) is 0 Å². The second-order valence-corrected chi connectivity index (χ2v) is 3.83. The minimum absolute atomic E-state index is 0.276. The predicted octanol–water partition coefficient (Wildman–Crippen LogP) is 1.38. The molecule has 92 valence electrons. The van der Waals surface area contributed by atoms with E-state index in [1.54, 1.807) is 16.7 Å². The molecule has 0 aliphatic carbocycles. The van der Waals surface area contributed by atoms with Crippen molar-refractivity contribution in [2.45, 2.75) is 13.0 Å². The van der Waals surface area contributed by atoms with Crippen LogP contribution in [0.3, 0.4) is 0 Å². The van der Waals surface area contributed by atoms with Gasteiger partial charge in [0.05, 0.1) is 5.52 Å². The quantitative estimate of drug-likeness (QED) is 0.756. The molecule has 0 bridgehead atoms. The number of halogens is 1. The number of anilines is 1. The third-order valence-corrected chi connectivity index (χ3v) is 2.73. The van der Waals surface area contributed by atoms with Crippen molar-refractivity contribution in [3.63, 3.8) is 0 Å². The van der Waals surface area contributed by atoms with Crippen LogP contribution in [0.4, 0.5) is 10.3 Å². The van der Waals surface area contributed by atoms with E-state index in [2.05, 4.69) is 19.6 Å². The molecular formula is C11H10FN5O. The van der Waals surface area contributed by atoms with Crippen LogP contribution in [0, 0.1) is 5.82 Å². The Morgan fingerprint density at radius 3 is 3.06 bits per heavy atom. The van der Waals surface area contributed by atoms with Gasteiger partial charge in [-0.1, -0.05) is 11.2 Å². The Kier molecular flexibility index (Phi) is 2.44. The Bertz CT molecular complexity index is 676. The zero-order valence-electron chi connectivity index (χ0n) is 9.38. The number of imidazole rings is 1. The van der Waals surface area contributed by atoms with Crippen molar-refractivity contribution < 1.29 is 8.91 Å². The maximum absolute atomic E-state index is 13.5. The van der Waals surface area contributed by atoms with Crippen molar-refractivity contribution in [2.75, 3.05) is 5.73 Å². The van der Waals surface area contributed by atoms with Crippen LogP contribution >= 0.6 is 0 Å². The van der Waals surface area contributed by atoms with Gasteiger partial charge in [0, 0.05) is 13.0 Å². The van der Waals surface area contributed by atoms with Gasteiger partial charge in [0.15, 0.2) is 11.6 Å². The van der Waals surface area contributed by atoms with E-state index < -0.39 is 0 Å². The number of benzene rings is 1. The highest BCUT2D eigenvalue weighted by atomic mass is 19.1. The minimum Gasteiger partial charge on any atom is -0.369 e. The summed E-state index contributed by atoms with van der Waals surface area (Å²) in [5.41, 5.74) is 6.73. The molecule has 0 spiro atoms. The zero-order valence-corrected chi connectivity index (χ0v) is 9.38. The van der Waals surface area contributed by atoms with Gasteiger partial charge in [-0.2, -0.15) is 4.98 Å². The van der Waals surface area contributed by atoms with Crippen LogP contribution in [-0.4, -0.2) is 19.7 Å². The lowest BCUT2D eigenvalue weighted by Crippen LogP contribution is -2.06. The summed E-state index contributed by atoms with van der Waals surface area (Å²) in [6.45, 7) is 0.519. The van der Waals surface area contributed by atoms with Crippen molar-refractivity contribution in [3.8, 4) is 0 Å². The van der Waals surface area contributed by atoms with E-state index in [0.717, 1.165) is 0 Å². The van der Waals surface area contributed by atoms with Crippen molar-refractivity contribution in [1.82, 2.24) is 19.7 Å². The van der Waals surface area contributed by atoms with Gasteiger partial charge in [-0.25, -0.2) is 9.37 Å². The second-order valence-electron chi connectivity index (χ2n) is 3.83. The van der Waals surface area contributed by atoms with E-state index in [1.807, 2.05) is 0 Å². The van der Waals surface area contributed by atoms with Crippen molar-refractivity contribution >= 4 is 17.0 Å². The summed E-state index contributed by atoms with van der Waals surface area (Å²) in [4.78, 5) is 7.93. The molecule has 0 aliphatic heterocycles. The van der Waals surface area contributed by atoms with Gasteiger partial charge < -0.3 is 14.8 Å². The largest absolute Gasteiger partial charge is 0.369 e. The fourth-order valence-electron chi connectivity index (χ4n) is 1.88. The lowest BCUT2D eigenvalue weighted by Gasteiger charge is -2.03. The van der Waals surface area contributed by atoms with Crippen molar-refractivity contribution in [3.05, 3.63) is 36.2 Å². The third-order valence-electron chi connectivity index (χ3n) is 2.73. The number of aromatic nitrogens is 4. The molecule has 1 aromatic carbocycles. The summed E-state index contributed by atoms with van der Waals surface area (Å²) in [5, 5.41) is 3.71. The predicted molar refractivity (Wildman–Crippen MR) is 62.1 cm³/mol. The molecule has 0 aliphatic rings. The summed E-state index contributed by atoms with van der Waals surface area (Å²) in [5.74, 6) is 0.476. The molecule has 0 atom stereocenters. The first-order valence-electron chi connectivity index (χ1n) is 5.41. The standard InChI is InChI=1S/C11H10FN5O/c12-7-2-1-3-8-10(7)15-11(13)17(8)5-4-9-14-6-18-16-9/h1-3,6H,4-5H2,(H2,13,15). The van der Waals surface area contributed by atoms with E-state index in [-0.39, 0.29) is 17.3 Å². The van der Waals surface area contributed by atoms with Gasteiger partial charge in [-0.05, 0) is 12.1 Å². The third kappa shape index (κ3) is 1.69. The number of nitrogen functional groups attached to an aromatic ring is 1. The Balaban J connectivity index is 1.96. The van der Waals surface area contributed by atoms with Crippen LogP contribution in [0.2, 0.25) is 0 Å². The SMILES string of the molecule is Nc1nc2c(F)cccc2n1CCc1ncon1. The van der Waals surface area contributed by atoms with Gasteiger partial charge in [0.2, 0.25) is 12.3 Å². The van der Waals surface area contributed by atoms with Crippen molar-refractivity contribution in [1.29, 1.82) is 0 Å². The van der Waals surface area contributed by atoms with Crippen LogP contribution < -0.4 is 5.73 Å². The molecule has 3 aromatic rings. The molecule has 3 rings (SSSR count). The summed E-state index contributed by atoms with van der Waals surface area (Å²) >= 11 is 0. The maximum atomic E-state index is 13.5. The minimum atomic E-state index is -0.377. The van der Waals surface area contributed by atoms with E-state index in [9.17, 15) is 4.39 Å². The average molecular weight is 247 g/mol. The molecule has 6 nitrogen and oxygen atoms in total. The van der Waals surface area contributed by atoms with Crippen LogP contribution in [0.15, 0.2) is 29.1 Å². The number of hydrogen-bond acceptors (Lipinski definition) is 5. The first kappa shape index (κ1) is 10.7. The molecule has 0 fully saturated rings. The molecule has 2 aromatic heterocycles. The van der Waals surface area contributed by atoms with Crippen molar-refractivity contribution in [2.24, 2.45) is 0 Å². The summed E-state index contributed by atoms with van der Waals surface area (Å²) < 4.78 is 19.9. The summed E-state index contributed by atoms with van der Waals surface area (Å²) in [6.07, 6.45) is 1.81. The lowest BCUT2D eigenvalue weighted by atomic mass is 10.3. The summed E-state index contributed by atoms with van der Waals surface area (Å²) in [7, 11) is 0. The average Bonchev–Trinajstić information content (AvgIpc) is 2.95. The first-order chi connectivity index (χ1) is 8.75. The fourth-order valence-corrected chi connectivity index (χ4v) is 1.88. The van der Waals surface area contributed by atoms with E-state index >= 15 is 0 Å². The summed E-state index contributed by atoms with van der Waals surface area (Å²) in [6, 6.07) is 4.76. The Morgan fingerprint density at radius 2 is 2.28 bits per heavy atom. The van der Waals surface area contributed by atoms with Gasteiger partial charge in [-0.15, -0.1) is 0 Å². The first-order valence-corrected chi connectivity index (χ1v) is 5.41. The molecule has 0 unspecified atom stereocenters. The molecule has 2 N–H and O–H groups in total. The second kappa shape index (κ2) is 4.10. The van der Waals surface area contributed by atoms with Crippen LogP contribution in [-0.2, 0) is 13.0 Å². The zero-order chi connectivity index (χ0) is 12.5. The van der Waals surface area contributed by atoms with Gasteiger partial charge in [0.1, 0.15) is 5.52 Å². The number of aryl methyl sites for hydroxylation is 2. The van der Waals surface area contributed by atoms with E-state index in [0.29, 0.717) is 24.3 Å². The molecule has 0 amide bonds. The smallest absolute Gasteiger partial charge is 0.213 e. The van der Waals surface area contributed by atoms with Crippen LogP contribution in [0.25, 0.3) is 11.0 Å². The molecule has 0 saturated heterocycles. The number of fused-ring (bicyclic) bond motifs is 1. The monoisotopic (exact) mass is 247 g/mol. The van der Waals surface area contributed by atoms with Gasteiger partial charge in [0.25, 0.3) is 0 Å². The van der Waals surface area contributed by atoms with E-state index in [1.165, 1.54) is 12.5 Å². The normalized spacial score (nSPS) is 11.2. The Morgan fingerprint density at radius 1 is 1.39 bits per heavy atom. The highest BCUT2D eigenvalue weighted by Gasteiger charge is 2.11. The topological polar surface area (TPSA) is 82.8 Å². The van der Waals surface area contributed by atoms with E-state index in [4.69, 9.17) is 5.73 Å². The van der Waals surface area contributed by atoms with Crippen LogP contribution in [0.5, 0.6) is 0 Å². The number of nitrogens with zero attached hydrogens (tertiary/aromatic N) is 4. The molecule has 0 saturated carbocycles. The molecule has 18 heavy (non-hydrogen) atoms. The van der Waals surface area contributed by atoms with Gasteiger partial charge >= 0.3 is 0 Å². The lowest BCUT2D eigenvalue weighted by molar-refractivity contribution is 0.408. The highest BCUT2D eigenvalue weighted by Crippen LogP contribution is 2.20. The molecular weight excluding hydrogens is 237 g/mol. The Labute approximate surface area is 101 Å². The molecule has 0 radical (unpaired) electrons. The number of para-hydroxylation sites is 1. The maximum Gasteiger partial charge on any atom is 0.213 e. The molecule has 2 heterocycles. The Hall–Kier alpha value is -2.44. The number of hydrogen-bond donors (Lipinski definition) is 1. The molecule has 7 heteroatoms.